The molecular formula is C18H18N2O2S. The minimum absolute atomic E-state index is 0.0845. The van der Waals surface area contributed by atoms with Gasteiger partial charge < -0.3 is 10.2 Å². The van der Waals surface area contributed by atoms with Gasteiger partial charge in [-0.2, -0.15) is 11.3 Å². The number of nitrogens with zero attached hydrogens (tertiary/aromatic N) is 1. The van der Waals surface area contributed by atoms with Crippen LogP contribution in [0, 0.1) is 0 Å². The zero-order valence-electron chi connectivity index (χ0n) is 12.7. The van der Waals surface area contributed by atoms with E-state index >= 15 is 0 Å². The highest BCUT2D eigenvalue weighted by Gasteiger charge is 2.43. The molecule has 118 valence electrons. The molecule has 4 nitrogen and oxygen atoms in total. The number of para-hydroxylation sites is 1. The van der Waals surface area contributed by atoms with Crippen molar-refractivity contribution in [2.75, 3.05) is 18.4 Å². The molecule has 0 bridgehead atoms. The van der Waals surface area contributed by atoms with Crippen molar-refractivity contribution in [2.45, 2.75) is 24.7 Å². The molecule has 1 aromatic carbocycles. The summed E-state index contributed by atoms with van der Waals surface area (Å²) in [6.45, 7) is 1.41. The average Bonchev–Trinajstić information content (AvgIpc) is 3.09. The van der Waals surface area contributed by atoms with Crippen molar-refractivity contribution >= 4 is 28.8 Å². The van der Waals surface area contributed by atoms with Gasteiger partial charge >= 0.3 is 0 Å². The Morgan fingerprint density at radius 1 is 1.17 bits per heavy atom. The van der Waals surface area contributed by atoms with Crippen LogP contribution in [0.5, 0.6) is 0 Å². The highest BCUT2D eigenvalue weighted by molar-refractivity contribution is 7.08. The van der Waals surface area contributed by atoms with Crippen LogP contribution in [0.1, 0.15) is 35.2 Å². The Balaban J connectivity index is 1.57. The Morgan fingerprint density at radius 3 is 2.70 bits per heavy atom. The molecule has 23 heavy (non-hydrogen) atoms. The van der Waals surface area contributed by atoms with Crippen LogP contribution in [0.25, 0.3) is 0 Å². The molecule has 5 heteroatoms. The van der Waals surface area contributed by atoms with Crippen LogP contribution >= 0.6 is 11.3 Å². The van der Waals surface area contributed by atoms with Crippen molar-refractivity contribution in [3.8, 4) is 0 Å². The minimum atomic E-state index is -0.121. The molecule has 1 N–H and O–H groups in total. The highest BCUT2D eigenvalue weighted by Crippen LogP contribution is 2.45. The normalized spacial score (nSPS) is 19.3. The molecule has 1 fully saturated rings. The van der Waals surface area contributed by atoms with E-state index in [0.29, 0.717) is 19.5 Å². The number of piperidine rings is 1. The van der Waals surface area contributed by atoms with E-state index in [9.17, 15) is 9.59 Å². The van der Waals surface area contributed by atoms with Crippen LogP contribution in [0.3, 0.4) is 0 Å². The predicted octanol–water partition coefficient (Wildman–Crippen LogP) is 3.26. The first-order valence-electron chi connectivity index (χ1n) is 7.89. The second kappa shape index (κ2) is 5.49. The van der Waals surface area contributed by atoms with E-state index in [1.165, 1.54) is 5.56 Å². The molecule has 0 saturated carbocycles. The third kappa shape index (κ3) is 2.45. The van der Waals surface area contributed by atoms with E-state index in [-0.39, 0.29) is 17.2 Å². The molecule has 1 spiro atoms. The molecule has 0 atom stereocenters. The van der Waals surface area contributed by atoms with Gasteiger partial charge in [-0.15, -0.1) is 0 Å². The lowest BCUT2D eigenvalue weighted by atomic mass is 9.68. The maximum absolute atomic E-state index is 12.5. The van der Waals surface area contributed by atoms with Gasteiger partial charge in [-0.05, 0) is 35.9 Å². The molecule has 1 aromatic heterocycles. The van der Waals surface area contributed by atoms with Crippen LogP contribution in [-0.2, 0) is 10.2 Å². The standard InChI is InChI=1S/C18H18N2O2S/c21-16-11-18(14-3-1-2-4-15(14)19-16)6-8-20(9-7-18)17(22)13-5-10-23-12-13/h1-5,10,12H,6-9,11H2,(H,19,21). The predicted molar refractivity (Wildman–Crippen MR) is 90.8 cm³/mol. The summed E-state index contributed by atoms with van der Waals surface area (Å²) in [6, 6.07) is 9.94. The minimum Gasteiger partial charge on any atom is -0.339 e. The monoisotopic (exact) mass is 326 g/mol. The summed E-state index contributed by atoms with van der Waals surface area (Å²) < 4.78 is 0. The van der Waals surface area contributed by atoms with Gasteiger partial charge in [-0.1, -0.05) is 18.2 Å². The topological polar surface area (TPSA) is 49.4 Å². The molecule has 2 aromatic rings. The van der Waals surface area contributed by atoms with Crippen molar-refractivity contribution in [1.29, 1.82) is 0 Å². The number of hydrogen-bond donors (Lipinski definition) is 1. The van der Waals surface area contributed by atoms with Gasteiger partial charge in [0.2, 0.25) is 5.91 Å². The molecule has 3 heterocycles. The number of amides is 2. The molecule has 1 saturated heterocycles. The Morgan fingerprint density at radius 2 is 1.96 bits per heavy atom. The van der Waals surface area contributed by atoms with Crippen LogP contribution in [-0.4, -0.2) is 29.8 Å². The summed E-state index contributed by atoms with van der Waals surface area (Å²) in [7, 11) is 0. The smallest absolute Gasteiger partial charge is 0.254 e. The first-order valence-corrected chi connectivity index (χ1v) is 8.83. The fourth-order valence-corrected chi connectivity index (χ4v) is 4.43. The van der Waals surface area contributed by atoms with Crippen molar-refractivity contribution in [3.05, 3.63) is 52.2 Å². The molecule has 0 aliphatic carbocycles. The Bertz CT molecular complexity index is 746. The maximum Gasteiger partial charge on any atom is 0.254 e. The molecule has 0 unspecified atom stereocenters. The summed E-state index contributed by atoms with van der Waals surface area (Å²) >= 11 is 1.54. The van der Waals surface area contributed by atoms with Crippen LogP contribution < -0.4 is 5.32 Å². The van der Waals surface area contributed by atoms with E-state index in [0.717, 1.165) is 24.1 Å². The first kappa shape index (κ1) is 14.5. The number of likely N-dealkylation sites (tertiary alicyclic amines) is 1. The Hall–Kier alpha value is -2.14. The van der Waals surface area contributed by atoms with Gasteiger partial charge in [0.05, 0.1) is 5.56 Å². The van der Waals surface area contributed by atoms with Gasteiger partial charge in [0.25, 0.3) is 5.91 Å². The van der Waals surface area contributed by atoms with Crippen molar-refractivity contribution in [3.63, 3.8) is 0 Å². The zero-order chi connectivity index (χ0) is 15.9. The van der Waals surface area contributed by atoms with Crippen LogP contribution in [0.2, 0.25) is 0 Å². The zero-order valence-corrected chi connectivity index (χ0v) is 13.6. The molecular weight excluding hydrogens is 308 g/mol. The number of thiophene rings is 1. The quantitative estimate of drug-likeness (QED) is 0.874. The second-order valence-electron chi connectivity index (χ2n) is 6.36. The van der Waals surface area contributed by atoms with Gasteiger partial charge in [-0.25, -0.2) is 0 Å². The fourth-order valence-electron chi connectivity index (χ4n) is 3.80. The Kier molecular flexibility index (Phi) is 3.45. The largest absolute Gasteiger partial charge is 0.339 e. The van der Waals surface area contributed by atoms with E-state index in [1.807, 2.05) is 39.9 Å². The lowest BCUT2D eigenvalue weighted by Gasteiger charge is -2.44. The summed E-state index contributed by atoms with van der Waals surface area (Å²) in [4.78, 5) is 26.5. The summed E-state index contributed by atoms with van der Waals surface area (Å²) in [5.41, 5.74) is 2.81. The lowest BCUT2D eigenvalue weighted by Crippen LogP contribution is -2.48. The highest BCUT2D eigenvalue weighted by atomic mass is 32.1. The number of anilines is 1. The molecule has 0 radical (unpaired) electrons. The van der Waals surface area contributed by atoms with E-state index in [2.05, 4.69) is 11.4 Å². The number of rotatable bonds is 1. The van der Waals surface area contributed by atoms with Gasteiger partial charge in [-0.3, -0.25) is 9.59 Å². The number of carbonyl (C=O) groups excluding carboxylic acids is 2. The first-order chi connectivity index (χ1) is 11.2. The third-order valence-corrected chi connectivity index (χ3v) is 5.73. The van der Waals surface area contributed by atoms with Crippen molar-refractivity contribution < 1.29 is 9.59 Å². The van der Waals surface area contributed by atoms with Crippen molar-refractivity contribution in [2.24, 2.45) is 0 Å². The maximum atomic E-state index is 12.5. The Labute approximate surface area is 139 Å². The van der Waals surface area contributed by atoms with Crippen LogP contribution in [0.15, 0.2) is 41.1 Å². The molecule has 2 aliphatic heterocycles. The second-order valence-corrected chi connectivity index (χ2v) is 7.14. The number of nitrogens with one attached hydrogen (secondary N) is 1. The lowest BCUT2D eigenvalue weighted by molar-refractivity contribution is -0.118. The van der Waals surface area contributed by atoms with Crippen LogP contribution in [0.4, 0.5) is 5.69 Å². The van der Waals surface area contributed by atoms with Crippen molar-refractivity contribution in [1.82, 2.24) is 4.90 Å². The molecule has 2 aliphatic rings. The summed E-state index contributed by atoms with van der Waals surface area (Å²) in [5, 5.41) is 6.80. The number of hydrogen-bond acceptors (Lipinski definition) is 3. The number of fused-ring (bicyclic) bond motifs is 2. The van der Waals surface area contributed by atoms with Gasteiger partial charge in [0, 0.05) is 36.0 Å². The average molecular weight is 326 g/mol. The molecule has 4 rings (SSSR count). The van der Waals surface area contributed by atoms with Gasteiger partial charge in [0.1, 0.15) is 0 Å². The van der Waals surface area contributed by atoms with E-state index < -0.39 is 0 Å². The fraction of sp³-hybridized carbons (Fsp3) is 0.333. The number of carbonyl (C=O) groups is 2. The third-order valence-electron chi connectivity index (χ3n) is 5.05. The van der Waals surface area contributed by atoms with Gasteiger partial charge in [0.15, 0.2) is 0 Å². The summed E-state index contributed by atoms with van der Waals surface area (Å²) in [5.74, 6) is 0.191. The van der Waals surface area contributed by atoms with E-state index in [1.54, 1.807) is 11.3 Å². The van der Waals surface area contributed by atoms with E-state index in [4.69, 9.17) is 0 Å². The molecule has 2 amide bonds. The number of benzene rings is 1. The summed E-state index contributed by atoms with van der Waals surface area (Å²) in [6.07, 6.45) is 2.20. The SMILES string of the molecule is O=C1CC2(CCN(C(=O)c3ccsc3)CC2)c2ccccc2N1.